The number of carbonyl (C=O) groups excluding carboxylic acids is 2. The van der Waals surface area contributed by atoms with E-state index in [9.17, 15) is 14.7 Å². The molecular weight excluding hydrogens is 394 g/mol. The molecule has 0 saturated heterocycles. The molecule has 1 heterocycles. The third kappa shape index (κ3) is 3.81. The van der Waals surface area contributed by atoms with Gasteiger partial charge in [-0.1, -0.05) is 24.3 Å². The quantitative estimate of drug-likeness (QED) is 0.731. The highest BCUT2D eigenvalue weighted by Crippen LogP contribution is 2.46. The summed E-state index contributed by atoms with van der Waals surface area (Å²) in [6.07, 6.45) is 0.990. The minimum atomic E-state index is -0.583. The van der Waals surface area contributed by atoms with Crippen LogP contribution in [0, 0.1) is 0 Å². The lowest BCUT2D eigenvalue weighted by molar-refractivity contribution is -0.136. The Bertz CT molecular complexity index is 1100. The number of aromatic hydroxyl groups is 1. The molecule has 6 nitrogen and oxygen atoms in total. The van der Waals surface area contributed by atoms with Gasteiger partial charge in [-0.2, -0.15) is 0 Å². The number of ether oxygens (including phenoxy) is 2. The van der Waals surface area contributed by atoms with Crippen LogP contribution in [0.5, 0.6) is 11.5 Å². The zero-order valence-electron chi connectivity index (χ0n) is 17.8. The van der Waals surface area contributed by atoms with Crippen LogP contribution in [-0.4, -0.2) is 31.1 Å². The molecule has 4 rings (SSSR count). The Morgan fingerprint density at radius 2 is 1.81 bits per heavy atom. The van der Waals surface area contributed by atoms with E-state index in [1.807, 2.05) is 37.3 Å². The first-order chi connectivity index (χ1) is 14.9. The molecule has 0 radical (unpaired) electrons. The number of phenolic OH excluding ortho intramolecular Hbond substituents is 1. The highest BCUT2D eigenvalue weighted by Gasteiger charge is 2.41. The summed E-state index contributed by atoms with van der Waals surface area (Å²) in [5, 5.41) is 13.3. The van der Waals surface area contributed by atoms with Gasteiger partial charge in [-0.3, -0.25) is 4.79 Å². The average Bonchev–Trinajstić information content (AvgIpc) is 2.77. The lowest BCUT2D eigenvalue weighted by atomic mass is 9.71. The molecule has 1 aliphatic carbocycles. The first-order valence-electron chi connectivity index (χ1n) is 10.2. The standard InChI is InChI=1S/C25H25NO5/c1-14-22(25(29)31-3)23(16-5-4-6-18(27)11-16)24-20(26-14)12-17(13-21(24)28)15-7-9-19(30-2)10-8-15/h4-11,17,23,26-27H,12-13H2,1-3H3/t17-,23-/m0/s1. The zero-order valence-corrected chi connectivity index (χ0v) is 17.8. The number of phenols is 1. The monoisotopic (exact) mass is 419 g/mol. The molecule has 0 amide bonds. The lowest BCUT2D eigenvalue weighted by Gasteiger charge is -2.36. The van der Waals surface area contributed by atoms with Crippen molar-refractivity contribution in [3.8, 4) is 11.5 Å². The molecule has 0 aromatic heterocycles. The van der Waals surface area contributed by atoms with Crippen LogP contribution in [0.15, 0.2) is 71.1 Å². The van der Waals surface area contributed by atoms with Crippen molar-refractivity contribution in [3.63, 3.8) is 0 Å². The molecule has 1 aliphatic heterocycles. The second-order valence-electron chi connectivity index (χ2n) is 7.88. The molecule has 2 aromatic carbocycles. The van der Waals surface area contributed by atoms with Crippen LogP contribution in [0.3, 0.4) is 0 Å². The van der Waals surface area contributed by atoms with Gasteiger partial charge in [-0.05, 0) is 54.7 Å². The molecule has 0 unspecified atom stereocenters. The molecule has 0 saturated carbocycles. The van der Waals surface area contributed by atoms with E-state index in [1.54, 1.807) is 25.3 Å². The van der Waals surface area contributed by atoms with Gasteiger partial charge in [0.1, 0.15) is 11.5 Å². The normalized spacial score (nSPS) is 20.8. The van der Waals surface area contributed by atoms with Crippen molar-refractivity contribution in [3.05, 3.63) is 82.2 Å². The number of esters is 1. The lowest BCUT2D eigenvalue weighted by Crippen LogP contribution is -2.36. The Labute approximate surface area is 181 Å². The maximum atomic E-state index is 13.4. The maximum Gasteiger partial charge on any atom is 0.336 e. The number of rotatable bonds is 4. The topological polar surface area (TPSA) is 84.9 Å². The number of allylic oxidation sites excluding steroid dienone is 3. The Kier molecular flexibility index (Phi) is 5.55. The van der Waals surface area contributed by atoms with Gasteiger partial charge in [0.15, 0.2) is 5.78 Å². The van der Waals surface area contributed by atoms with Gasteiger partial charge >= 0.3 is 5.97 Å². The molecule has 0 spiro atoms. The van der Waals surface area contributed by atoms with Crippen LogP contribution in [-0.2, 0) is 14.3 Å². The van der Waals surface area contributed by atoms with Gasteiger partial charge in [-0.25, -0.2) is 4.79 Å². The number of benzene rings is 2. The third-order valence-corrected chi connectivity index (χ3v) is 6.02. The highest BCUT2D eigenvalue weighted by molar-refractivity contribution is 6.04. The second kappa shape index (κ2) is 8.30. The molecule has 160 valence electrons. The molecular formula is C25H25NO5. The summed E-state index contributed by atoms with van der Waals surface area (Å²) in [7, 11) is 2.95. The molecule has 31 heavy (non-hydrogen) atoms. The summed E-state index contributed by atoms with van der Waals surface area (Å²) in [6.45, 7) is 1.81. The summed E-state index contributed by atoms with van der Waals surface area (Å²) in [4.78, 5) is 26.1. The first kappa shape index (κ1) is 20.7. The van der Waals surface area contributed by atoms with Crippen LogP contribution in [0.1, 0.15) is 42.7 Å². The number of dihydropyridines is 1. The van der Waals surface area contributed by atoms with Gasteiger partial charge in [0.2, 0.25) is 0 Å². The van der Waals surface area contributed by atoms with Crippen molar-refractivity contribution in [1.29, 1.82) is 0 Å². The highest BCUT2D eigenvalue weighted by atomic mass is 16.5. The van der Waals surface area contributed by atoms with Gasteiger partial charge < -0.3 is 19.9 Å². The average molecular weight is 419 g/mol. The SMILES string of the molecule is COC(=O)C1=C(C)NC2=C(C(=O)C[C@@H](c3ccc(OC)cc3)C2)[C@H]1c1cccc(O)c1. The van der Waals surface area contributed by atoms with E-state index in [0.717, 1.165) is 17.0 Å². The fraction of sp³-hybridized carbons (Fsp3) is 0.280. The number of methoxy groups -OCH3 is 2. The van der Waals surface area contributed by atoms with E-state index in [1.165, 1.54) is 7.11 Å². The summed E-state index contributed by atoms with van der Waals surface area (Å²) in [5.74, 6) is -0.208. The molecule has 2 N–H and O–H groups in total. The molecule has 2 aliphatic rings. The number of nitrogens with one attached hydrogen (secondary N) is 1. The Morgan fingerprint density at radius 1 is 1.06 bits per heavy atom. The van der Waals surface area contributed by atoms with E-state index in [4.69, 9.17) is 9.47 Å². The van der Waals surface area contributed by atoms with Gasteiger partial charge in [0.25, 0.3) is 0 Å². The summed E-state index contributed by atoms with van der Waals surface area (Å²) < 4.78 is 10.3. The van der Waals surface area contributed by atoms with Crippen molar-refractivity contribution < 1.29 is 24.2 Å². The van der Waals surface area contributed by atoms with Gasteiger partial charge in [0.05, 0.1) is 19.8 Å². The number of hydrogen-bond donors (Lipinski definition) is 2. The molecule has 2 aromatic rings. The number of carbonyl (C=O) groups is 2. The summed E-state index contributed by atoms with van der Waals surface area (Å²) in [6, 6.07) is 14.5. The van der Waals surface area contributed by atoms with Crippen LogP contribution in [0.2, 0.25) is 0 Å². The molecule has 6 heteroatoms. The fourth-order valence-corrected chi connectivity index (χ4v) is 4.57. The Morgan fingerprint density at radius 3 is 2.45 bits per heavy atom. The first-order valence-corrected chi connectivity index (χ1v) is 10.2. The number of ketones is 1. The van der Waals surface area contributed by atoms with Crippen LogP contribution in [0.4, 0.5) is 0 Å². The largest absolute Gasteiger partial charge is 0.508 e. The molecule has 0 bridgehead atoms. The minimum absolute atomic E-state index is 0.0168. The van der Waals surface area contributed by atoms with Gasteiger partial charge in [-0.15, -0.1) is 0 Å². The van der Waals surface area contributed by atoms with E-state index in [-0.39, 0.29) is 17.5 Å². The minimum Gasteiger partial charge on any atom is -0.508 e. The van der Waals surface area contributed by atoms with Crippen molar-refractivity contribution in [2.75, 3.05) is 14.2 Å². The third-order valence-electron chi connectivity index (χ3n) is 6.02. The van der Waals surface area contributed by atoms with Gasteiger partial charge in [0, 0.05) is 29.3 Å². The Hall–Kier alpha value is -3.54. The summed E-state index contributed by atoms with van der Waals surface area (Å²) in [5.41, 5.74) is 4.18. The van der Waals surface area contributed by atoms with Crippen molar-refractivity contribution in [2.45, 2.75) is 31.6 Å². The van der Waals surface area contributed by atoms with E-state index in [2.05, 4.69) is 5.32 Å². The maximum absolute atomic E-state index is 13.4. The number of hydrogen-bond acceptors (Lipinski definition) is 6. The van der Waals surface area contributed by atoms with E-state index >= 15 is 0 Å². The summed E-state index contributed by atoms with van der Waals surface area (Å²) >= 11 is 0. The van der Waals surface area contributed by atoms with Crippen molar-refractivity contribution in [1.82, 2.24) is 5.32 Å². The zero-order chi connectivity index (χ0) is 22.1. The smallest absolute Gasteiger partial charge is 0.336 e. The van der Waals surface area contributed by atoms with Crippen LogP contribution in [0.25, 0.3) is 0 Å². The van der Waals surface area contributed by atoms with Crippen LogP contribution >= 0.6 is 0 Å². The predicted octanol–water partition coefficient (Wildman–Crippen LogP) is 3.94. The van der Waals surface area contributed by atoms with Crippen molar-refractivity contribution >= 4 is 11.8 Å². The van der Waals surface area contributed by atoms with E-state index < -0.39 is 11.9 Å². The van der Waals surface area contributed by atoms with Crippen LogP contribution < -0.4 is 10.1 Å². The van der Waals surface area contributed by atoms with Crippen molar-refractivity contribution in [2.24, 2.45) is 0 Å². The van der Waals surface area contributed by atoms with E-state index in [0.29, 0.717) is 35.2 Å². The number of Topliss-reactive ketones (excluding diaryl/α,β-unsaturated/α-hetero) is 1. The predicted molar refractivity (Wildman–Crippen MR) is 116 cm³/mol. The second-order valence-corrected chi connectivity index (χ2v) is 7.88. The molecule has 2 atom stereocenters. The Balaban J connectivity index is 1.78. The fourth-order valence-electron chi connectivity index (χ4n) is 4.57. The molecule has 0 fully saturated rings.